The number of nitrogens with zero attached hydrogens (tertiary/aromatic N) is 1. The maximum absolute atomic E-state index is 14.1. The summed E-state index contributed by atoms with van der Waals surface area (Å²) in [4.78, 5) is 66.7. The van der Waals surface area contributed by atoms with Gasteiger partial charge in [0.15, 0.2) is 5.92 Å². The zero-order valence-electron chi connectivity index (χ0n) is 60.1. The molecule has 34 heteroatoms. The van der Waals surface area contributed by atoms with E-state index in [0.29, 0.717) is 70.9 Å². The van der Waals surface area contributed by atoms with E-state index in [2.05, 4.69) is 30.1 Å². The van der Waals surface area contributed by atoms with Crippen LogP contribution in [0.5, 0.6) is 0 Å². The highest BCUT2D eigenvalue weighted by atomic mass is 79.9. The Morgan fingerprint density at radius 3 is 1.15 bits per heavy atom. The zero-order chi connectivity index (χ0) is 84.8. The number of aliphatic hydroxyl groups excluding tert-OH is 1. The lowest BCUT2D eigenvalue weighted by molar-refractivity contribution is -0.163. The molecule has 0 saturated heterocycles. The average molecular weight is 1770 g/mol. The van der Waals surface area contributed by atoms with Crippen LogP contribution < -0.4 is 0 Å². The van der Waals surface area contributed by atoms with Gasteiger partial charge in [-0.1, -0.05) is 133 Å². The third-order valence-electron chi connectivity index (χ3n) is 13.9. The standard InChI is InChI=1S/C15H18ClFO4.C11H8ClF3O2.C10H10ClFO2.C9H7ClFN.C8H7BrClF.C8H6ClFO2.C8H8ClFO.C7H3ClF2O2/c1-8-6-9(11(17)7-10(8)16)12(13(18)20-5)14(19)21-15(2,3)4;1-5-3-6(8(13)4-7(5)12)9(10(14)15)11(16)17-2;1-6-3-7(4-10(13)14-2)9(12)5-8(6)11;1-6-4-7(2-3-12)9(11)5-8(6)10;1-5-2-6(4-9)8(11)3-7(5)10;1-4-2-5(8(11)12)7(10)3-6(4)9;1-5-2-6(4-11)8(10)3-7(5)9;8-4-2-5(9)3(7(11)12)1-6(4)10/h6-7,12H,1-5H3;3-4H,1-2H3;3,5H,4H2,1-2H3;4-5H,2H2,1H3;2-3H,4H2,1H3;2-3H,1H3,(H,11,12);2-3,11H,4H2,1H3;1-2H,(H,11,12). The number of carboxylic acids is 2. The van der Waals surface area contributed by atoms with E-state index >= 15 is 0 Å². The van der Waals surface area contributed by atoms with Gasteiger partial charge in [0.2, 0.25) is 0 Å². The van der Waals surface area contributed by atoms with Crippen LogP contribution in [-0.4, -0.2) is 78.1 Å². The van der Waals surface area contributed by atoms with E-state index in [-0.39, 0.29) is 57.0 Å². The van der Waals surface area contributed by atoms with Crippen molar-refractivity contribution in [1.82, 2.24) is 0 Å². The second kappa shape index (κ2) is 47.2. The van der Waals surface area contributed by atoms with Crippen LogP contribution in [0.3, 0.4) is 0 Å². The Kier molecular flexibility index (Phi) is 42.9. The van der Waals surface area contributed by atoms with Gasteiger partial charge in [-0.3, -0.25) is 14.4 Å². The van der Waals surface area contributed by atoms with E-state index in [1.165, 1.54) is 56.5 Å². The highest BCUT2D eigenvalue weighted by molar-refractivity contribution is 9.08. The van der Waals surface area contributed by atoms with E-state index in [9.17, 15) is 77.1 Å². The molecule has 594 valence electrons. The Morgan fingerprint density at radius 1 is 0.436 bits per heavy atom. The quantitative estimate of drug-likeness (QED) is 0.0197. The number of rotatable bonds is 12. The minimum absolute atomic E-state index is 0.0691. The van der Waals surface area contributed by atoms with Crippen molar-refractivity contribution in [3.8, 4) is 6.07 Å². The molecule has 0 spiro atoms. The number of aromatic carboxylic acids is 2. The molecule has 0 bridgehead atoms. The summed E-state index contributed by atoms with van der Waals surface area (Å²) in [6.07, 6.45) is -2.29. The van der Waals surface area contributed by atoms with Crippen molar-refractivity contribution in [3.63, 3.8) is 0 Å². The first-order valence-electron chi connectivity index (χ1n) is 30.8. The molecule has 0 saturated carbocycles. The van der Waals surface area contributed by atoms with Gasteiger partial charge in [-0.05, 0) is 192 Å². The van der Waals surface area contributed by atoms with Gasteiger partial charge < -0.3 is 34.3 Å². The zero-order valence-corrected chi connectivity index (χ0v) is 67.7. The largest absolute Gasteiger partial charge is 0.478 e. The first kappa shape index (κ1) is 99.8. The second-order valence-electron chi connectivity index (χ2n) is 23.4. The molecule has 1 unspecified atom stereocenters. The number of hydrogen-bond donors (Lipinski definition) is 3. The van der Waals surface area contributed by atoms with Gasteiger partial charge in [0.25, 0.3) is 6.08 Å². The van der Waals surface area contributed by atoms with Crippen LogP contribution in [0.25, 0.3) is 5.57 Å². The van der Waals surface area contributed by atoms with Gasteiger partial charge in [0, 0.05) is 62.7 Å². The fourth-order valence-electron chi connectivity index (χ4n) is 8.15. The third-order valence-corrected chi connectivity index (χ3v) is 17.7. The van der Waals surface area contributed by atoms with E-state index < -0.39 is 122 Å². The smallest absolute Gasteiger partial charge is 0.344 e. The molecule has 3 N–H and O–H groups in total. The fourth-order valence-corrected chi connectivity index (χ4v) is 9.78. The first-order chi connectivity index (χ1) is 51.0. The average Bonchev–Trinajstić information content (AvgIpc) is 0.815. The lowest BCUT2D eigenvalue weighted by Gasteiger charge is -2.23. The highest BCUT2D eigenvalue weighted by Crippen LogP contribution is 2.32. The molecule has 8 rings (SSSR count). The predicted octanol–water partition coefficient (Wildman–Crippen LogP) is 23.1. The Hall–Kier alpha value is -8.20. The molecule has 8 aromatic carbocycles. The van der Waals surface area contributed by atoms with Crippen LogP contribution in [0.1, 0.15) is 120 Å². The van der Waals surface area contributed by atoms with Crippen molar-refractivity contribution in [2.45, 2.75) is 106 Å². The van der Waals surface area contributed by atoms with E-state index in [4.69, 9.17) is 118 Å². The molecule has 0 aliphatic carbocycles. The number of esters is 4. The Balaban J connectivity index is 0.000000635. The van der Waals surface area contributed by atoms with Gasteiger partial charge >= 0.3 is 35.8 Å². The van der Waals surface area contributed by atoms with Gasteiger partial charge in [0.1, 0.15) is 63.5 Å². The number of hydrogen-bond acceptors (Lipinski definition) is 12. The van der Waals surface area contributed by atoms with E-state index in [0.717, 1.165) is 60.7 Å². The van der Waals surface area contributed by atoms with Gasteiger partial charge in [-0.2, -0.15) is 14.0 Å². The minimum Gasteiger partial charge on any atom is -0.478 e. The monoisotopic (exact) mass is 1770 g/mol. The summed E-state index contributed by atoms with van der Waals surface area (Å²) in [5.41, 5.74) is 2.72. The van der Waals surface area contributed by atoms with Crippen LogP contribution in [0, 0.1) is 112 Å². The number of benzene rings is 8. The van der Waals surface area contributed by atoms with Gasteiger partial charge in [0.05, 0.1) is 63.0 Å². The van der Waals surface area contributed by atoms with E-state index in [1.54, 1.807) is 73.6 Å². The molecular formula is C76H67BrCl8F11NO13. The maximum atomic E-state index is 14.1. The Labute approximate surface area is 674 Å². The van der Waals surface area contributed by atoms with Crippen LogP contribution in [0.15, 0.2) is 103 Å². The number of nitriles is 1. The van der Waals surface area contributed by atoms with Crippen molar-refractivity contribution in [2.75, 3.05) is 21.3 Å². The molecule has 0 radical (unpaired) electrons. The summed E-state index contributed by atoms with van der Waals surface area (Å²) < 4.78 is 161. The first-order valence-corrected chi connectivity index (χ1v) is 34.9. The molecule has 0 aliphatic rings. The van der Waals surface area contributed by atoms with Gasteiger partial charge in [-0.15, -0.1) is 0 Å². The SMILES string of the molecule is COC(=O)C(=C(F)F)c1cc(C)c(Cl)cc1F.COC(=O)C(C(=O)OC(C)(C)C)c1cc(C)c(Cl)cc1F.COC(=O)Cc1cc(C)c(Cl)cc1F.Cc1cc(C(=O)O)c(F)cc1Cl.Cc1cc(CBr)c(F)cc1Cl.Cc1cc(CC#N)c(F)cc1Cl.Cc1cc(CO)c(F)cc1Cl.O=C(O)c1cc(F)c(Cl)cc1F. The number of halogens is 20. The van der Waals surface area contributed by atoms with Crippen molar-refractivity contribution in [3.05, 3.63) is 279 Å². The number of carboxylic acid groups (broad SMARTS) is 2. The molecule has 0 aromatic heterocycles. The topological polar surface area (TPSA) is 224 Å². The van der Waals surface area contributed by atoms with Crippen molar-refractivity contribution in [2.24, 2.45) is 0 Å². The lowest BCUT2D eigenvalue weighted by atomic mass is 9.96. The van der Waals surface area contributed by atoms with Crippen molar-refractivity contribution < 1.29 is 111 Å². The van der Waals surface area contributed by atoms with E-state index in [1.807, 2.05) is 13.0 Å². The summed E-state index contributed by atoms with van der Waals surface area (Å²) in [7, 11) is 3.33. The van der Waals surface area contributed by atoms with Crippen LogP contribution >= 0.6 is 109 Å². The number of aryl methyl sites for hydroxylation is 7. The second-order valence-corrected chi connectivity index (χ2v) is 27.2. The normalized spacial score (nSPS) is 10.5. The molecule has 0 aliphatic heterocycles. The number of methoxy groups -OCH3 is 3. The molecule has 14 nitrogen and oxygen atoms in total. The number of aliphatic hydroxyl groups is 1. The van der Waals surface area contributed by atoms with Crippen LogP contribution in [0.2, 0.25) is 40.2 Å². The Bertz CT molecular complexity index is 4610. The van der Waals surface area contributed by atoms with Crippen molar-refractivity contribution in [1.29, 1.82) is 5.26 Å². The number of carbonyl (C=O) groups is 6. The van der Waals surface area contributed by atoms with Crippen LogP contribution in [0.4, 0.5) is 48.3 Å². The molecule has 110 heavy (non-hydrogen) atoms. The summed E-state index contributed by atoms with van der Waals surface area (Å²) in [5, 5.41) is 36.1. The Morgan fingerprint density at radius 2 is 0.773 bits per heavy atom. The number of carbonyl (C=O) groups excluding carboxylic acids is 4. The molecule has 8 aromatic rings. The summed E-state index contributed by atoms with van der Waals surface area (Å²) >= 11 is 48.0. The summed E-state index contributed by atoms with van der Waals surface area (Å²) in [6, 6.07) is 21.0. The molecule has 1 atom stereocenters. The van der Waals surface area contributed by atoms with Crippen molar-refractivity contribution >= 4 is 150 Å². The predicted molar refractivity (Wildman–Crippen MR) is 404 cm³/mol. The fraction of sp³-hybridized carbons (Fsp3) is 0.250. The third kappa shape index (κ3) is 32.3. The van der Waals surface area contributed by atoms with Crippen LogP contribution in [-0.2, 0) is 62.9 Å². The molecular weight excluding hydrogens is 1710 g/mol. The molecule has 0 amide bonds. The lowest BCUT2D eigenvalue weighted by Crippen LogP contribution is -2.32. The maximum Gasteiger partial charge on any atom is 0.344 e. The summed E-state index contributed by atoms with van der Waals surface area (Å²) in [6.45, 7) is 16.6. The molecule has 0 fully saturated rings. The molecule has 0 heterocycles. The highest BCUT2D eigenvalue weighted by Gasteiger charge is 2.36. The minimum atomic E-state index is -2.31. The number of alkyl halides is 1. The van der Waals surface area contributed by atoms with Gasteiger partial charge in [-0.25, -0.2) is 53.9 Å². The number of ether oxygens (including phenoxy) is 4. The summed E-state index contributed by atoms with van der Waals surface area (Å²) in [5.74, 6) is -14.0.